The van der Waals surface area contributed by atoms with Crippen molar-refractivity contribution in [2.24, 2.45) is 0 Å². The monoisotopic (exact) mass is 476 g/mol. The predicted octanol–water partition coefficient (Wildman–Crippen LogP) is 5.33. The molecule has 1 amide bonds. The van der Waals surface area contributed by atoms with E-state index in [9.17, 15) is 14.9 Å². The fourth-order valence-electron chi connectivity index (χ4n) is 3.23. The SMILES string of the molecule is O=C(Nc1ccc(-c2ccc3nnc(-c4cccs4)n3n2)cc1)c1ccc([N+](=O)[O-])cc1Cl. The highest BCUT2D eigenvalue weighted by atomic mass is 35.5. The second-order valence-corrected chi connectivity index (χ2v) is 8.30. The Morgan fingerprint density at radius 3 is 2.58 bits per heavy atom. The Morgan fingerprint density at radius 1 is 1.06 bits per heavy atom. The van der Waals surface area contributed by atoms with Crippen molar-refractivity contribution in [1.82, 2.24) is 19.8 Å². The number of aromatic nitrogens is 4. The summed E-state index contributed by atoms with van der Waals surface area (Å²) in [6.45, 7) is 0. The molecule has 5 aromatic rings. The van der Waals surface area contributed by atoms with Gasteiger partial charge in [-0.1, -0.05) is 29.8 Å². The first-order valence-electron chi connectivity index (χ1n) is 9.62. The topological polar surface area (TPSA) is 115 Å². The molecule has 0 unspecified atom stereocenters. The maximum atomic E-state index is 12.5. The molecule has 9 nitrogen and oxygen atoms in total. The van der Waals surface area contributed by atoms with Crippen molar-refractivity contribution in [2.45, 2.75) is 0 Å². The molecular weight excluding hydrogens is 464 g/mol. The van der Waals surface area contributed by atoms with Gasteiger partial charge in [-0.25, -0.2) is 0 Å². The fourth-order valence-corrected chi connectivity index (χ4v) is 4.18. The summed E-state index contributed by atoms with van der Waals surface area (Å²) in [6, 6.07) is 18.5. The Morgan fingerprint density at radius 2 is 1.88 bits per heavy atom. The van der Waals surface area contributed by atoms with Crippen LogP contribution in [-0.4, -0.2) is 30.6 Å². The molecule has 0 bridgehead atoms. The van der Waals surface area contributed by atoms with Gasteiger partial charge >= 0.3 is 0 Å². The van der Waals surface area contributed by atoms with Crippen LogP contribution in [0, 0.1) is 10.1 Å². The van der Waals surface area contributed by atoms with E-state index in [0.29, 0.717) is 17.2 Å². The van der Waals surface area contributed by atoms with Crippen molar-refractivity contribution in [3.8, 4) is 22.0 Å². The number of halogens is 1. The Bertz CT molecular complexity index is 1500. The number of anilines is 1. The number of nitrogens with one attached hydrogen (secondary N) is 1. The molecule has 0 aliphatic heterocycles. The van der Waals surface area contributed by atoms with E-state index < -0.39 is 10.8 Å². The van der Waals surface area contributed by atoms with Gasteiger partial charge in [0.1, 0.15) is 0 Å². The molecule has 0 atom stereocenters. The summed E-state index contributed by atoms with van der Waals surface area (Å²) in [7, 11) is 0. The van der Waals surface area contributed by atoms with Crippen LogP contribution < -0.4 is 5.32 Å². The minimum atomic E-state index is -0.569. The Labute approximate surface area is 195 Å². The number of benzene rings is 2. The highest BCUT2D eigenvalue weighted by Crippen LogP contribution is 2.26. The lowest BCUT2D eigenvalue weighted by Gasteiger charge is -2.08. The molecule has 0 spiro atoms. The number of non-ortho nitro benzene ring substituents is 1. The standard InChI is InChI=1S/C22H13ClN6O3S/c23-17-12-15(29(31)32)7-8-16(17)22(30)24-14-5-3-13(4-6-14)18-9-10-20-25-26-21(28(20)27-18)19-2-1-11-33-19/h1-12H,(H,24,30). The van der Waals surface area contributed by atoms with Gasteiger partial charge in [0.2, 0.25) is 0 Å². The van der Waals surface area contributed by atoms with Gasteiger partial charge in [-0.05, 0) is 41.8 Å². The van der Waals surface area contributed by atoms with Crippen molar-refractivity contribution in [3.05, 3.63) is 92.8 Å². The van der Waals surface area contributed by atoms with Gasteiger partial charge in [0.15, 0.2) is 11.5 Å². The molecule has 0 saturated heterocycles. The number of carbonyl (C=O) groups excluding carboxylic acids is 1. The smallest absolute Gasteiger partial charge is 0.270 e. The Hall–Kier alpha value is -4.15. The van der Waals surface area contributed by atoms with Crippen LogP contribution in [0.4, 0.5) is 11.4 Å². The molecule has 3 heterocycles. The molecule has 33 heavy (non-hydrogen) atoms. The third-order valence-corrected chi connectivity index (χ3v) is 6.03. The van der Waals surface area contributed by atoms with Crippen molar-refractivity contribution >= 4 is 45.9 Å². The van der Waals surface area contributed by atoms with Crippen LogP contribution in [0.1, 0.15) is 10.4 Å². The number of nitro groups is 1. The summed E-state index contributed by atoms with van der Waals surface area (Å²) in [5.41, 5.74) is 2.71. The van der Waals surface area contributed by atoms with E-state index in [4.69, 9.17) is 11.6 Å². The van der Waals surface area contributed by atoms with Crippen LogP contribution in [0.3, 0.4) is 0 Å². The van der Waals surface area contributed by atoms with Gasteiger partial charge in [-0.3, -0.25) is 14.9 Å². The van der Waals surface area contributed by atoms with Crippen molar-refractivity contribution in [3.63, 3.8) is 0 Å². The number of fused-ring (bicyclic) bond motifs is 1. The second-order valence-electron chi connectivity index (χ2n) is 6.94. The molecule has 11 heteroatoms. The summed E-state index contributed by atoms with van der Waals surface area (Å²) < 4.78 is 1.70. The highest BCUT2D eigenvalue weighted by Gasteiger charge is 2.16. The van der Waals surface area contributed by atoms with Crippen molar-refractivity contribution in [1.29, 1.82) is 0 Å². The zero-order chi connectivity index (χ0) is 22.9. The predicted molar refractivity (Wildman–Crippen MR) is 126 cm³/mol. The van der Waals surface area contributed by atoms with Crippen LogP contribution in [0.25, 0.3) is 27.6 Å². The van der Waals surface area contributed by atoms with E-state index in [0.717, 1.165) is 22.2 Å². The molecule has 0 saturated carbocycles. The number of hydrogen-bond donors (Lipinski definition) is 1. The van der Waals surface area contributed by atoms with E-state index in [1.807, 2.05) is 41.8 Å². The minimum Gasteiger partial charge on any atom is -0.322 e. The average molecular weight is 477 g/mol. The second kappa shape index (κ2) is 8.41. The first kappa shape index (κ1) is 20.7. The number of thiophene rings is 1. The molecule has 1 N–H and O–H groups in total. The number of hydrogen-bond acceptors (Lipinski definition) is 7. The van der Waals surface area contributed by atoms with Crippen LogP contribution >= 0.6 is 22.9 Å². The molecule has 162 valence electrons. The third-order valence-electron chi connectivity index (χ3n) is 4.85. The highest BCUT2D eigenvalue weighted by molar-refractivity contribution is 7.13. The van der Waals surface area contributed by atoms with Gasteiger partial charge in [0.05, 0.1) is 26.1 Å². The summed E-state index contributed by atoms with van der Waals surface area (Å²) in [5.74, 6) is 0.206. The molecule has 0 radical (unpaired) electrons. The molecule has 3 aromatic heterocycles. The van der Waals surface area contributed by atoms with Crippen LogP contribution in [0.2, 0.25) is 5.02 Å². The molecule has 0 aliphatic carbocycles. The number of carbonyl (C=O) groups is 1. The lowest BCUT2D eigenvalue weighted by molar-refractivity contribution is -0.384. The first-order chi connectivity index (χ1) is 16.0. The lowest BCUT2D eigenvalue weighted by Crippen LogP contribution is -2.12. The first-order valence-corrected chi connectivity index (χ1v) is 10.9. The van der Waals surface area contributed by atoms with Gasteiger partial charge < -0.3 is 5.32 Å². The van der Waals surface area contributed by atoms with Gasteiger partial charge in [-0.15, -0.1) is 21.5 Å². The zero-order valence-electron chi connectivity index (χ0n) is 16.7. The van der Waals surface area contributed by atoms with E-state index in [1.165, 1.54) is 12.1 Å². The third kappa shape index (κ3) is 4.04. The maximum Gasteiger partial charge on any atom is 0.270 e. The van der Waals surface area contributed by atoms with Crippen molar-refractivity contribution < 1.29 is 9.72 Å². The van der Waals surface area contributed by atoms with Crippen LogP contribution in [0.15, 0.2) is 72.1 Å². The normalized spacial score (nSPS) is 10.9. The zero-order valence-corrected chi connectivity index (χ0v) is 18.2. The summed E-state index contributed by atoms with van der Waals surface area (Å²) in [4.78, 5) is 23.8. The number of amides is 1. The summed E-state index contributed by atoms with van der Waals surface area (Å²) in [5, 5.41) is 28.6. The summed E-state index contributed by atoms with van der Waals surface area (Å²) in [6.07, 6.45) is 0. The summed E-state index contributed by atoms with van der Waals surface area (Å²) >= 11 is 7.60. The number of nitrogens with zero attached hydrogens (tertiary/aromatic N) is 5. The lowest BCUT2D eigenvalue weighted by atomic mass is 10.1. The fraction of sp³-hybridized carbons (Fsp3) is 0. The molecular formula is C22H13ClN6O3S. The van der Waals surface area contributed by atoms with Crippen LogP contribution in [-0.2, 0) is 0 Å². The van der Waals surface area contributed by atoms with Crippen LogP contribution in [0.5, 0.6) is 0 Å². The number of nitro benzene ring substituents is 1. The van der Waals surface area contributed by atoms with Crippen molar-refractivity contribution in [2.75, 3.05) is 5.32 Å². The quantitative estimate of drug-likeness (QED) is 0.270. The minimum absolute atomic E-state index is 0.00584. The maximum absolute atomic E-state index is 12.5. The molecule has 5 rings (SSSR count). The molecule has 0 aliphatic rings. The van der Waals surface area contributed by atoms with E-state index in [1.54, 1.807) is 28.0 Å². The van der Waals surface area contributed by atoms with Gasteiger partial charge in [0.25, 0.3) is 11.6 Å². The van der Waals surface area contributed by atoms with E-state index in [-0.39, 0.29) is 16.3 Å². The molecule has 2 aromatic carbocycles. The van der Waals surface area contributed by atoms with Gasteiger partial charge in [0, 0.05) is 23.4 Å². The Kier molecular flexibility index (Phi) is 5.29. The largest absolute Gasteiger partial charge is 0.322 e. The van der Waals surface area contributed by atoms with Gasteiger partial charge in [-0.2, -0.15) is 9.61 Å². The molecule has 0 fully saturated rings. The number of rotatable bonds is 5. The Balaban J connectivity index is 1.38. The van der Waals surface area contributed by atoms with E-state index in [2.05, 4.69) is 20.6 Å². The van der Waals surface area contributed by atoms with E-state index >= 15 is 0 Å². The average Bonchev–Trinajstić information content (AvgIpc) is 3.48.